The van der Waals surface area contributed by atoms with Gasteiger partial charge in [0.15, 0.2) is 5.69 Å². The Morgan fingerprint density at radius 3 is 2.71 bits per heavy atom. The molecule has 0 saturated carbocycles. The highest BCUT2D eigenvalue weighted by molar-refractivity contribution is 5.86. The highest BCUT2D eigenvalue weighted by Crippen LogP contribution is 2.16. The van der Waals surface area contributed by atoms with Gasteiger partial charge in [0.25, 0.3) is 0 Å². The van der Waals surface area contributed by atoms with Gasteiger partial charge >= 0.3 is 5.97 Å². The number of hydrogen-bond donors (Lipinski definition) is 1. The average molecular weight is 295 g/mol. The molecule has 2 rings (SSSR count). The molecule has 0 unspecified atom stereocenters. The second-order valence-electron chi connectivity index (χ2n) is 5.18. The molecule has 0 bridgehead atoms. The summed E-state index contributed by atoms with van der Waals surface area (Å²) < 4.78 is 28.2. The molecule has 21 heavy (non-hydrogen) atoms. The molecule has 0 fully saturated rings. The van der Waals surface area contributed by atoms with Crippen LogP contribution in [0.1, 0.15) is 35.6 Å². The van der Waals surface area contributed by atoms with E-state index in [1.807, 2.05) is 13.8 Å². The van der Waals surface area contributed by atoms with Crippen molar-refractivity contribution < 1.29 is 18.7 Å². The van der Waals surface area contributed by atoms with Crippen molar-refractivity contribution in [2.24, 2.45) is 5.92 Å². The fraction of sp³-hybridized carbons (Fsp3) is 0.357. The molecule has 7 heteroatoms. The van der Waals surface area contributed by atoms with Crippen molar-refractivity contribution in [2.45, 2.75) is 26.8 Å². The molecule has 112 valence electrons. The van der Waals surface area contributed by atoms with Crippen molar-refractivity contribution in [2.75, 3.05) is 0 Å². The molecule has 0 aliphatic heterocycles. The van der Waals surface area contributed by atoms with E-state index < -0.39 is 17.6 Å². The third-order valence-corrected chi connectivity index (χ3v) is 2.97. The molecule has 0 radical (unpaired) electrons. The van der Waals surface area contributed by atoms with E-state index in [4.69, 9.17) is 5.11 Å². The van der Waals surface area contributed by atoms with Gasteiger partial charge < -0.3 is 5.11 Å². The van der Waals surface area contributed by atoms with Gasteiger partial charge in [-0.25, -0.2) is 18.3 Å². The molecule has 2 aromatic rings. The maximum atomic E-state index is 13.7. The Morgan fingerprint density at radius 1 is 1.38 bits per heavy atom. The molecule has 0 aliphatic carbocycles. The Kier molecular flexibility index (Phi) is 4.30. The largest absolute Gasteiger partial charge is 0.476 e. The quantitative estimate of drug-likeness (QED) is 0.920. The lowest BCUT2D eigenvalue weighted by atomic mass is 10.1. The third kappa shape index (κ3) is 3.42. The number of rotatable bonds is 5. The predicted molar refractivity (Wildman–Crippen MR) is 71.0 cm³/mol. The van der Waals surface area contributed by atoms with Crippen LogP contribution in [0.5, 0.6) is 0 Å². The summed E-state index contributed by atoms with van der Waals surface area (Å²) in [7, 11) is 0. The first-order valence-corrected chi connectivity index (χ1v) is 6.48. The number of nitrogens with zero attached hydrogens (tertiary/aromatic N) is 3. The Labute approximate surface area is 120 Å². The summed E-state index contributed by atoms with van der Waals surface area (Å²) in [6.07, 6.45) is 0.436. The van der Waals surface area contributed by atoms with Crippen LogP contribution in [0.25, 0.3) is 0 Å². The summed E-state index contributed by atoms with van der Waals surface area (Å²) in [6, 6.07) is 3.12. The van der Waals surface area contributed by atoms with Gasteiger partial charge in [-0.05, 0) is 30.5 Å². The van der Waals surface area contributed by atoms with Crippen LogP contribution < -0.4 is 0 Å². The van der Waals surface area contributed by atoms with E-state index in [9.17, 15) is 13.6 Å². The van der Waals surface area contributed by atoms with Gasteiger partial charge in [0, 0.05) is 5.56 Å². The van der Waals surface area contributed by atoms with E-state index >= 15 is 0 Å². The molecule has 1 aromatic heterocycles. The van der Waals surface area contributed by atoms with Gasteiger partial charge in [-0.15, -0.1) is 5.10 Å². The second kappa shape index (κ2) is 5.99. The SMILES string of the molecule is CC(C)Cc1c(C(=O)O)nnn1Cc1cc(F)ccc1F. The first-order valence-electron chi connectivity index (χ1n) is 6.48. The van der Waals surface area contributed by atoms with E-state index in [1.165, 1.54) is 4.68 Å². The van der Waals surface area contributed by atoms with Crippen LogP contribution in [0.4, 0.5) is 8.78 Å². The van der Waals surface area contributed by atoms with Gasteiger partial charge in [0.05, 0.1) is 12.2 Å². The smallest absolute Gasteiger partial charge is 0.358 e. The van der Waals surface area contributed by atoms with Crippen molar-refractivity contribution >= 4 is 5.97 Å². The zero-order chi connectivity index (χ0) is 15.6. The van der Waals surface area contributed by atoms with E-state index in [2.05, 4.69) is 10.3 Å². The number of hydrogen-bond acceptors (Lipinski definition) is 3. The topological polar surface area (TPSA) is 68.0 Å². The van der Waals surface area contributed by atoms with Crippen LogP contribution in [-0.2, 0) is 13.0 Å². The summed E-state index contributed by atoms with van der Waals surface area (Å²) in [4.78, 5) is 11.1. The first-order chi connectivity index (χ1) is 9.88. The summed E-state index contributed by atoms with van der Waals surface area (Å²) in [6.45, 7) is 3.78. The zero-order valence-electron chi connectivity index (χ0n) is 11.7. The average Bonchev–Trinajstić information content (AvgIpc) is 2.76. The molecule has 5 nitrogen and oxygen atoms in total. The lowest BCUT2D eigenvalue weighted by Gasteiger charge is -2.10. The van der Waals surface area contributed by atoms with Gasteiger partial charge in [0.1, 0.15) is 11.6 Å². The minimum atomic E-state index is -1.18. The minimum absolute atomic E-state index is 0.0636. The lowest BCUT2D eigenvalue weighted by molar-refractivity contribution is 0.0689. The van der Waals surface area contributed by atoms with Crippen molar-refractivity contribution in [1.29, 1.82) is 0 Å². The Morgan fingerprint density at radius 2 is 2.10 bits per heavy atom. The molecular formula is C14H15F2N3O2. The lowest BCUT2D eigenvalue weighted by Crippen LogP contribution is -2.12. The Hall–Kier alpha value is -2.31. The molecule has 1 heterocycles. The Bertz CT molecular complexity index is 668. The molecule has 0 amide bonds. The number of aromatic nitrogens is 3. The highest BCUT2D eigenvalue weighted by Gasteiger charge is 2.20. The number of aromatic carboxylic acids is 1. The predicted octanol–water partition coefficient (Wildman–Crippen LogP) is 2.50. The van der Waals surface area contributed by atoms with Crippen LogP contribution in [0.2, 0.25) is 0 Å². The molecule has 0 aliphatic rings. The standard InChI is InChI=1S/C14H15F2N3O2/c1-8(2)5-12-13(14(20)21)17-18-19(12)7-9-6-10(15)3-4-11(9)16/h3-4,6,8H,5,7H2,1-2H3,(H,20,21). The number of benzene rings is 1. The first kappa shape index (κ1) is 15.1. The molecular weight excluding hydrogens is 280 g/mol. The fourth-order valence-corrected chi connectivity index (χ4v) is 2.04. The van der Waals surface area contributed by atoms with Crippen LogP contribution in [-0.4, -0.2) is 26.1 Å². The molecule has 1 aromatic carbocycles. The number of carbonyl (C=O) groups is 1. The summed E-state index contributed by atoms with van der Waals surface area (Å²) >= 11 is 0. The highest BCUT2D eigenvalue weighted by atomic mass is 19.1. The van der Waals surface area contributed by atoms with Crippen molar-refractivity contribution in [1.82, 2.24) is 15.0 Å². The molecule has 0 saturated heterocycles. The van der Waals surface area contributed by atoms with Gasteiger partial charge in [0.2, 0.25) is 0 Å². The van der Waals surface area contributed by atoms with E-state index in [0.717, 1.165) is 18.2 Å². The van der Waals surface area contributed by atoms with Gasteiger partial charge in [-0.2, -0.15) is 0 Å². The van der Waals surface area contributed by atoms with Crippen LogP contribution in [0.15, 0.2) is 18.2 Å². The van der Waals surface area contributed by atoms with Crippen molar-refractivity contribution in [3.8, 4) is 0 Å². The summed E-state index contributed by atoms with van der Waals surface area (Å²) in [5.74, 6) is -2.14. The van der Waals surface area contributed by atoms with Gasteiger partial charge in [-0.1, -0.05) is 19.1 Å². The normalized spacial score (nSPS) is 11.1. The molecule has 0 atom stereocenters. The monoisotopic (exact) mass is 295 g/mol. The number of carboxylic acid groups (broad SMARTS) is 1. The molecule has 1 N–H and O–H groups in total. The van der Waals surface area contributed by atoms with Crippen LogP contribution in [0.3, 0.4) is 0 Å². The Balaban J connectivity index is 2.39. The van der Waals surface area contributed by atoms with E-state index in [-0.39, 0.29) is 23.7 Å². The maximum absolute atomic E-state index is 13.7. The van der Waals surface area contributed by atoms with Crippen LogP contribution >= 0.6 is 0 Å². The zero-order valence-corrected chi connectivity index (χ0v) is 11.7. The molecule has 0 spiro atoms. The minimum Gasteiger partial charge on any atom is -0.476 e. The van der Waals surface area contributed by atoms with Crippen LogP contribution in [0, 0.1) is 17.6 Å². The van der Waals surface area contributed by atoms with Crippen molar-refractivity contribution in [3.63, 3.8) is 0 Å². The number of carboxylic acids is 1. The summed E-state index contributed by atoms with van der Waals surface area (Å²) in [5.41, 5.74) is 0.350. The van der Waals surface area contributed by atoms with Gasteiger partial charge in [-0.3, -0.25) is 0 Å². The van der Waals surface area contributed by atoms with E-state index in [0.29, 0.717) is 12.1 Å². The second-order valence-corrected chi connectivity index (χ2v) is 5.18. The number of halogens is 2. The maximum Gasteiger partial charge on any atom is 0.358 e. The van der Waals surface area contributed by atoms with E-state index in [1.54, 1.807) is 0 Å². The fourth-order valence-electron chi connectivity index (χ4n) is 2.04. The third-order valence-electron chi connectivity index (χ3n) is 2.97. The van der Waals surface area contributed by atoms with Crippen molar-refractivity contribution in [3.05, 3.63) is 46.8 Å². The summed E-state index contributed by atoms with van der Waals surface area (Å²) in [5, 5.41) is 16.5.